The van der Waals surface area contributed by atoms with E-state index in [9.17, 15) is 9.59 Å². The Bertz CT molecular complexity index is 1430. The standard InChI is InChI=1S/C28H21NO3/c30-25(18-32-26(31)17-21-13-8-12-19-9-4-5-14-22(19)21)27-23-15-6-7-16-24(23)29-28(27)20-10-2-1-3-11-20/h1-16,29H,17-18H2. The number of H-pyrrole nitrogens is 1. The molecule has 0 radical (unpaired) electrons. The quantitative estimate of drug-likeness (QED) is 0.273. The lowest BCUT2D eigenvalue weighted by Crippen LogP contribution is -2.16. The molecular weight excluding hydrogens is 398 g/mol. The molecule has 0 aliphatic heterocycles. The highest BCUT2D eigenvalue weighted by Gasteiger charge is 2.21. The number of hydrogen-bond donors (Lipinski definition) is 1. The van der Waals surface area contributed by atoms with Gasteiger partial charge in [0, 0.05) is 10.9 Å². The van der Waals surface area contributed by atoms with E-state index < -0.39 is 5.97 Å². The van der Waals surface area contributed by atoms with Crippen molar-refractivity contribution in [3.63, 3.8) is 0 Å². The van der Waals surface area contributed by atoms with E-state index in [2.05, 4.69) is 4.98 Å². The second-order valence-corrected chi connectivity index (χ2v) is 7.69. The van der Waals surface area contributed by atoms with Gasteiger partial charge in [-0.3, -0.25) is 9.59 Å². The summed E-state index contributed by atoms with van der Waals surface area (Å²) in [5.74, 6) is -0.650. The van der Waals surface area contributed by atoms with E-state index in [0.717, 1.165) is 38.5 Å². The summed E-state index contributed by atoms with van der Waals surface area (Å²) in [5.41, 5.74) is 3.95. The SMILES string of the molecule is O=C(Cc1cccc2ccccc12)OCC(=O)c1c(-c2ccccc2)[nH]c2ccccc12. The lowest BCUT2D eigenvalue weighted by atomic mass is 10.0. The third-order valence-corrected chi connectivity index (χ3v) is 5.63. The molecule has 0 unspecified atom stereocenters. The Hall–Kier alpha value is -4.18. The Morgan fingerprint density at radius 1 is 0.719 bits per heavy atom. The van der Waals surface area contributed by atoms with Crippen molar-refractivity contribution in [2.45, 2.75) is 6.42 Å². The van der Waals surface area contributed by atoms with Crippen molar-refractivity contribution in [2.24, 2.45) is 0 Å². The summed E-state index contributed by atoms with van der Waals surface area (Å²) in [5, 5.41) is 2.91. The fraction of sp³-hybridized carbons (Fsp3) is 0.0714. The van der Waals surface area contributed by atoms with E-state index in [1.54, 1.807) is 0 Å². The number of benzene rings is 4. The molecule has 0 saturated heterocycles. The predicted molar refractivity (Wildman–Crippen MR) is 127 cm³/mol. The van der Waals surface area contributed by atoms with Crippen LogP contribution in [-0.2, 0) is 16.0 Å². The average Bonchev–Trinajstić information content (AvgIpc) is 3.23. The van der Waals surface area contributed by atoms with Crippen LogP contribution in [0.2, 0.25) is 0 Å². The predicted octanol–water partition coefficient (Wildman–Crippen LogP) is 5.96. The Balaban J connectivity index is 1.38. The Morgan fingerprint density at radius 3 is 2.25 bits per heavy atom. The molecule has 156 valence electrons. The zero-order chi connectivity index (χ0) is 21.9. The number of Topliss-reactive ketones (excluding diaryl/α,β-unsaturated/α-hetero) is 1. The van der Waals surface area contributed by atoms with Crippen molar-refractivity contribution in [3.05, 3.63) is 108 Å². The van der Waals surface area contributed by atoms with Crippen LogP contribution in [0.25, 0.3) is 32.9 Å². The van der Waals surface area contributed by atoms with Crippen molar-refractivity contribution < 1.29 is 14.3 Å². The molecule has 32 heavy (non-hydrogen) atoms. The smallest absolute Gasteiger partial charge is 0.310 e. The molecule has 0 aliphatic rings. The van der Waals surface area contributed by atoms with E-state index in [0.29, 0.717) is 5.56 Å². The first kappa shape index (κ1) is 19.8. The van der Waals surface area contributed by atoms with Gasteiger partial charge < -0.3 is 9.72 Å². The summed E-state index contributed by atoms with van der Waals surface area (Å²) in [6, 6.07) is 31.1. The maximum atomic E-state index is 13.2. The maximum Gasteiger partial charge on any atom is 0.310 e. The number of ketones is 1. The monoisotopic (exact) mass is 419 g/mol. The Labute approximate surface area is 185 Å². The van der Waals surface area contributed by atoms with Crippen molar-refractivity contribution >= 4 is 33.4 Å². The molecule has 0 fully saturated rings. The summed E-state index contributed by atoms with van der Waals surface area (Å²) in [6.45, 7) is -0.300. The first-order valence-electron chi connectivity index (χ1n) is 10.5. The number of esters is 1. The minimum Gasteiger partial charge on any atom is -0.457 e. The van der Waals surface area contributed by atoms with Gasteiger partial charge in [0.2, 0.25) is 5.78 Å². The fourth-order valence-corrected chi connectivity index (χ4v) is 4.12. The van der Waals surface area contributed by atoms with E-state index in [4.69, 9.17) is 4.74 Å². The summed E-state index contributed by atoms with van der Waals surface area (Å²) >= 11 is 0. The highest BCUT2D eigenvalue weighted by Crippen LogP contribution is 2.30. The number of carbonyl (C=O) groups excluding carboxylic acids is 2. The van der Waals surface area contributed by atoms with Crippen molar-refractivity contribution in [3.8, 4) is 11.3 Å². The molecule has 4 aromatic carbocycles. The van der Waals surface area contributed by atoms with E-state index >= 15 is 0 Å². The second kappa shape index (κ2) is 8.52. The van der Waals surface area contributed by atoms with Crippen molar-refractivity contribution in [2.75, 3.05) is 6.61 Å². The second-order valence-electron chi connectivity index (χ2n) is 7.69. The number of ether oxygens (including phenoxy) is 1. The van der Waals surface area contributed by atoms with E-state index in [1.807, 2.05) is 97.1 Å². The summed E-state index contributed by atoms with van der Waals surface area (Å²) in [7, 11) is 0. The van der Waals surface area contributed by atoms with Gasteiger partial charge in [0.15, 0.2) is 6.61 Å². The van der Waals surface area contributed by atoms with Crippen LogP contribution in [0, 0.1) is 0 Å². The summed E-state index contributed by atoms with van der Waals surface area (Å²) in [4.78, 5) is 29.1. The highest BCUT2D eigenvalue weighted by molar-refractivity contribution is 6.14. The van der Waals surface area contributed by atoms with Crippen molar-refractivity contribution in [1.29, 1.82) is 0 Å². The molecule has 1 N–H and O–H groups in total. The molecule has 0 aliphatic carbocycles. The Kier molecular flexibility index (Phi) is 5.26. The lowest BCUT2D eigenvalue weighted by molar-refractivity contribution is -0.141. The molecule has 0 bridgehead atoms. The Morgan fingerprint density at radius 2 is 1.41 bits per heavy atom. The first-order chi connectivity index (χ1) is 15.7. The van der Waals surface area contributed by atoms with Gasteiger partial charge in [-0.05, 0) is 28.0 Å². The topological polar surface area (TPSA) is 59.2 Å². The zero-order valence-corrected chi connectivity index (χ0v) is 17.4. The molecule has 1 aromatic heterocycles. The highest BCUT2D eigenvalue weighted by atomic mass is 16.5. The summed E-state index contributed by atoms with van der Waals surface area (Å²) < 4.78 is 5.42. The number of para-hydroxylation sites is 1. The number of nitrogens with one attached hydrogen (secondary N) is 1. The van der Waals surface area contributed by atoms with Crippen LogP contribution in [-0.4, -0.2) is 23.3 Å². The number of aromatic nitrogens is 1. The number of carbonyl (C=O) groups is 2. The van der Waals surface area contributed by atoms with Crippen LogP contribution >= 0.6 is 0 Å². The zero-order valence-electron chi connectivity index (χ0n) is 17.4. The summed E-state index contributed by atoms with van der Waals surface area (Å²) in [6.07, 6.45) is 0.119. The van der Waals surface area contributed by atoms with Crippen LogP contribution in [0.4, 0.5) is 0 Å². The third-order valence-electron chi connectivity index (χ3n) is 5.63. The third kappa shape index (κ3) is 3.79. The average molecular weight is 419 g/mol. The number of aromatic amines is 1. The van der Waals surface area contributed by atoms with Crippen LogP contribution in [0.5, 0.6) is 0 Å². The normalized spacial score (nSPS) is 11.0. The van der Waals surface area contributed by atoms with Crippen LogP contribution in [0.1, 0.15) is 15.9 Å². The number of rotatable bonds is 6. The van der Waals surface area contributed by atoms with Gasteiger partial charge in [0.25, 0.3) is 0 Å². The number of fused-ring (bicyclic) bond motifs is 2. The molecule has 5 aromatic rings. The van der Waals surface area contributed by atoms with E-state index in [1.165, 1.54) is 0 Å². The fourth-order valence-electron chi connectivity index (χ4n) is 4.12. The molecule has 0 saturated carbocycles. The maximum absolute atomic E-state index is 13.2. The van der Waals surface area contributed by atoms with Gasteiger partial charge in [-0.1, -0.05) is 91.0 Å². The molecule has 4 nitrogen and oxygen atoms in total. The minimum atomic E-state index is -0.421. The molecule has 0 atom stereocenters. The van der Waals surface area contributed by atoms with Crippen molar-refractivity contribution in [1.82, 2.24) is 4.98 Å². The van der Waals surface area contributed by atoms with Gasteiger partial charge in [-0.2, -0.15) is 0 Å². The molecule has 4 heteroatoms. The van der Waals surface area contributed by atoms with Crippen LogP contribution in [0.15, 0.2) is 97.1 Å². The largest absolute Gasteiger partial charge is 0.457 e. The van der Waals surface area contributed by atoms with Gasteiger partial charge >= 0.3 is 5.97 Å². The van der Waals surface area contributed by atoms with Gasteiger partial charge in [0.05, 0.1) is 17.7 Å². The molecule has 5 rings (SSSR count). The number of hydrogen-bond acceptors (Lipinski definition) is 3. The minimum absolute atomic E-state index is 0.119. The lowest BCUT2D eigenvalue weighted by Gasteiger charge is -2.08. The van der Waals surface area contributed by atoms with Gasteiger partial charge in [-0.25, -0.2) is 0 Å². The van der Waals surface area contributed by atoms with Crippen LogP contribution < -0.4 is 0 Å². The molecule has 1 heterocycles. The van der Waals surface area contributed by atoms with Gasteiger partial charge in [-0.15, -0.1) is 0 Å². The molecule has 0 amide bonds. The molecular formula is C28H21NO3. The van der Waals surface area contributed by atoms with E-state index in [-0.39, 0.29) is 18.8 Å². The van der Waals surface area contributed by atoms with Crippen LogP contribution in [0.3, 0.4) is 0 Å². The molecule has 0 spiro atoms. The van der Waals surface area contributed by atoms with Gasteiger partial charge in [0.1, 0.15) is 0 Å². The first-order valence-corrected chi connectivity index (χ1v) is 10.5.